The number of aliphatic hydroxyl groups is 2. The molecule has 0 saturated carbocycles. The smallest absolute Gasteiger partial charge is 0.122 e. The Morgan fingerprint density at radius 2 is 1.88 bits per heavy atom. The first kappa shape index (κ1) is 11.3. The molecule has 1 aliphatic rings. The van der Waals surface area contributed by atoms with E-state index in [0.29, 0.717) is 6.29 Å². The fourth-order valence-corrected chi connectivity index (χ4v) is 1.96. The van der Waals surface area contributed by atoms with Gasteiger partial charge in [-0.1, -0.05) is 30.3 Å². The highest BCUT2D eigenvalue weighted by molar-refractivity contribution is 5.50. The molecule has 2 rings (SSSR count). The molecule has 0 unspecified atom stereocenters. The van der Waals surface area contributed by atoms with Gasteiger partial charge in [0.05, 0.1) is 6.10 Å². The molecule has 2 N–H and O–H groups in total. The number of benzene rings is 1. The molecule has 0 aromatic heterocycles. The van der Waals surface area contributed by atoms with Crippen LogP contribution in [0.1, 0.15) is 18.1 Å². The van der Waals surface area contributed by atoms with Crippen molar-refractivity contribution in [1.82, 2.24) is 0 Å². The summed E-state index contributed by atoms with van der Waals surface area (Å²) in [6.45, 7) is 0. The van der Waals surface area contributed by atoms with Crippen molar-refractivity contribution in [2.75, 3.05) is 0 Å². The van der Waals surface area contributed by atoms with Gasteiger partial charge in [0.25, 0.3) is 0 Å². The Morgan fingerprint density at radius 1 is 1.19 bits per heavy atom. The van der Waals surface area contributed by atoms with Crippen LogP contribution in [0.15, 0.2) is 30.3 Å². The molecular weight excluding hydrogens is 208 g/mol. The normalized spacial score (nSPS) is 33.9. The second-order valence-electron chi connectivity index (χ2n) is 3.89. The number of hydrogen-bond acceptors (Lipinski definition) is 4. The summed E-state index contributed by atoms with van der Waals surface area (Å²) in [6.07, 6.45) is -2.36. The van der Waals surface area contributed by atoms with E-state index in [-0.39, 0.29) is 6.42 Å². The van der Waals surface area contributed by atoms with E-state index in [0.717, 1.165) is 5.56 Å². The summed E-state index contributed by atoms with van der Waals surface area (Å²) in [6, 6.07) is 9.19. The monoisotopic (exact) mass is 222 g/mol. The summed E-state index contributed by atoms with van der Waals surface area (Å²) in [5, 5.41) is 19.5. The van der Waals surface area contributed by atoms with E-state index >= 15 is 0 Å². The SMILES string of the molecule is O=CC[C@@H]1O[C@@H](c2ccccc2)[C@@H](O)[C@@H]1O. The van der Waals surface area contributed by atoms with Crippen LogP contribution in [0.3, 0.4) is 0 Å². The largest absolute Gasteiger partial charge is 0.388 e. The number of aliphatic hydroxyl groups excluding tert-OH is 2. The Bertz CT molecular complexity index is 351. The second-order valence-corrected chi connectivity index (χ2v) is 3.89. The first-order valence-corrected chi connectivity index (χ1v) is 5.24. The minimum atomic E-state index is -1.00. The molecule has 0 aliphatic carbocycles. The Hall–Kier alpha value is -1.23. The molecule has 4 nitrogen and oxygen atoms in total. The lowest BCUT2D eigenvalue weighted by Crippen LogP contribution is -2.30. The lowest BCUT2D eigenvalue weighted by atomic mass is 10.0. The van der Waals surface area contributed by atoms with E-state index in [1.165, 1.54) is 0 Å². The van der Waals surface area contributed by atoms with Crippen LogP contribution in [-0.2, 0) is 9.53 Å². The van der Waals surface area contributed by atoms with Crippen molar-refractivity contribution >= 4 is 6.29 Å². The zero-order valence-electron chi connectivity index (χ0n) is 8.69. The van der Waals surface area contributed by atoms with Crippen LogP contribution in [0, 0.1) is 0 Å². The van der Waals surface area contributed by atoms with Gasteiger partial charge in [0.2, 0.25) is 0 Å². The van der Waals surface area contributed by atoms with Crippen LogP contribution in [0.25, 0.3) is 0 Å². The molecule has 0 radical (unpaired) electrons. The van der Waals surface area contributed by atoms with Crippen LogP contribution < -0.4 is 0 Å². The zero-order chi connectivity index (χ0) is 11.5. The molecule has 86 valence electrons. The summed E-state index contributed by atoms with van der Waals surface area (Å²) in [5.41, 5.74) is 0.808. The van der Waals surface area contributed by atoms with Gasteiger partial charge in [-0.05, 0) is 5.56 Å². The third kappa shape index (κ3) is 2.00. The highest BCUT2D eigenvalue weighted by atomic mass is 16.5. The maximum Gasteiger partial charge on any atom is 0.122 e. The minimum absolute atomic E-state index is 0.0988. The van der Waals surface area contributed by atoms with Gasteiger partial charge in [0.1, 0.15) is 24.6 Å². The molecule has 1 fully saturated rings. The van der Waals surface area contributed by atoms with E-state index in [9.17, 15) is 15.0 Å². The van der Waals surface area contributed by atoms with Crippen molar-refractivity contribution in [1.29, 1.82) is 0 Å². The molecule has 0 spiro atoms. The van der Waals surface area contributed by atoms with E-state index in [4.69, 9.17) is 4.74 Å². The molecule has 16 heavy (non-hydrogen) atoms. The first-order chi connectivity index (χ1) is 7.74. The highest BCUT2D eigenvalue weighted by Crippen LogP contribution is 2.34. The van der Waals surface area contributed by atoms with Crippen molar-refractivity contribution in [3.05, 3.63) is 35.9 Å². The number of carbonyl (C=O) groups excluding carboxylic acids is 1. The molecule has 1 saturated heterocycles. The van der Waals surface area contributed by atoms with Crippen LogP contribution >= 0.6 is 0 Å². The fourth-order valence-electron chi connectivity index (χ4n) is 1.96. The van der Waals surface area contributed by atoms with Gasteiger partial charge in [0.15, 0.2) is 0 Å². The van der Waals surface area contributed by atoms with E-state index in [1.54, 1.807) is 0 Å². The molecule has 4 heteroatoms. The molecule has 1 aromatic carbocycles. The van der Waals surface area contributed by atoms with E-state index in [1.807, 2.05) is 30.3 Å². The maximum atomic E-state index is 10.4. The number of ether oxygens (including phenoxy) is 1. The highest BCUT2D eigenvalue weighted by Gasteiger charge is 2.42. The van der Waals surface area contributed by atoms with Gasteiger partial charge in [-0.2, -0.15) is 0 Å². The summed E-state index contributed by atoms with van der Waals surface area (Å²) < 4.78 is 5.48. The van der Waals surface area contributed by atoms with Crippen molar-refractivity contribution in [3.63, 3.8) is 0 Å². The Kier molecular flexibility index (Phi) is 3.33. The second kappa shape index (κ2) is 4.74. The lowest BCUT2D eigenvalue weighted by Gasteiger charge is -2.14. The van der Waals surface area contributed by atoms with Gasteiger partial charge in [-0.15, -0.1) is 0 Å². The van der Waals surface area contributed by atoms with E-state index in [2.05, 4.69) is 0 Å². The van der Waals surface area contributed by atoms with E-state index < -0.39 is 24.4 Å². The molecule has 4 atom stereocenters. The average Bonchev–Trinajstić information content (AvgIpc) is 2.59. The Balaban J connectivity index is 2.16. The predicted molar refractivity (Wildman–Crippen MR) is 56.8 cm³/mol. The standard InChI is InChI=1S/C12H14O4/c13-7-6-9-10(14)11(15)12(16-9)8-4-2-1-3-5-8/h1-5,7,9-12,14-15H,6H2/t9-,10+,11-,12-/m0/s1. The van der Waals surface area contributed by atoms with Gasteiger partial charge < -0.3 is 19.7 Å². The molecular formula is C12H14O4. The minimum Gasteiger partial charge on any atom is -0.388 e. The summed E-state index contributed by atoms with van der Waals surface area (Å²) in [4.78, 5) is 10.4. The van der Waals surface area contributed by atoms with Crippen molar-refractivity contribution < 1.29 is 19.7 Å². The number of hydrogen-bond donors (Lipinski definition) is 2. The number of rotatable bonds is 3. The fraction of sp³-hybridized carbons (Fsp3) is 0.417. The molecule has 0 bridgehead atoms. The molecule has 1 aliphatic heterocycles. The molecule has 1 heterocycles. The van der Waals surface area contributed by atoms with Gasteiger partial charge in [0, 0.05) is 6.42 Å². The van der Waals surface area contributed by atoms with Crippen molar-refractivity contribution in [2.24, 2.45) is 0 Å². The summed E-state index contributed by atoms with van der Waals surface area (Å²) in [5.74, 6) is 0. The number of carbonyl (C=O) groups is 1. The third-order valence-corrected chi connectivity index (χ3v) is 2.82. The van der Waals surface area contributed by atoms with Gasteiger partial charge in [-0.3, -0.25) is 0 Å². The quantitative estimate of drug-likeness (QED) is 0.728. The summed E-state index contributed by atoms with van der Waals surface area (Å²) >= 11 is 0. The number of aldehydes is 1. The Morgan fingerprint density at radius 3 is 2.50 bits per heavy atom. The lowest BCUT2D eigenvalue weighted by molar-refractivity contribution is -0.111. The topological polar surface area (TPSA) is 66.8 Å². The Labute approximate surface area is 93.5 Å². The van der Waals surface area contributed by atoms with Gasteiger partial charge >= 0.3 is 0 Å². The third-order valence-electron chi connectivity index (χ3n) is 2.82. The average molecular weight is 222 g/mol. The van der Waals surface area contributed by atoms with Crippen LogP contribution in [0.4, 0.5) is 0 Å². The molecule has 0 amide bonds. The maximum absolute atomic E-state index is 10.4. The van der Waals surface area contributed by atoms with Gasteiger partial charge in [-0.25, -0.2) is 0 Å². The summed E-state index contributed by atoms with van der Waals surface area (Å²) in [7, 11) is 0. The van der Waals surface area contributed by atoms with Crippen molar-refractivity contribution in [2.45, 2.75) is 30.8 Å². The van der Waals surface area contributed by atoms with Crippen LogP contribution in [-0.4, -0.2) is 34.8 Å². The zero-order valence-corrected chi connectivity index (χ0v) is 8.69. The van der Waals surface area contributed by atoms with Crippen LogP contribution in [0.2, 0.25) is 0 Å². The van der Waals surface area contributed by atoms with Crippen molar-refractivity contribution in [3.8, 4) is 0 Å². The predicted octanol–water partition coefficient (Wildman–Crippen LogP) is 0.437. The van der Waals surface area contributed by atoms with Crippen LogP contribution in [0.5, 0.6) is 0 Å². The first-order valence-electron chi connectivity index (χ1n) is 5.24. The molecule has 1 aromatic rings.